The van der Waals surface area contributed by atoms with Crippen LogP contribution in [0.5, 0.6) is 0 Å². The molecule has 24 heavy (non-hydrogen) atoms. The molecule has 6 nitrogen and oxygen atoms in total. The number of anilines is 1. The van der Waals surface area contributed by atoms with E-state index >= 15 is 0 Å². The van der Waals surface area contributed by atoms with Gasteiger partial charge in [0.05, 0.1) is 6.54 Å². The van der Waals surface area contributed by atoms with E-state index in [1.807, 2.05) is 21.7 Å². The number of fused-ring (bicyclic) bond motifs is 1. The molecular formula is C18H23N5O. The highest BCUT2D eigenvalue weighted by Gasteiger charge is 2.28. The third-order valence-electron chi connectivity index (χ3n) is 5.16. The monoisotopic (exact) mass is 325 g/mol. The summed E-state index contributed by atoms with van der Waals surface area (Å²) in [4.78, 5) is 21.1. The van der Waals surface area contributed by atoms with Crippen molar-refractivity contribution in [2.24, 2.45) is 0 Å². The average Bonchev–Trinajstić information content (AvgIpc) is 3.34. The number of nitrogens with zero attached hydrogens (tertiary/aromatic N) is 5. The third-order valence-corrected chi connectivity index (χ3v) is 5.16. The number of rotatable bonds is 5. The second-order valence-electron chi connectivity index (χ2n) is 6.62. The summed E-state index contributed by atoms with van der Waals surface area (Å²) in [6, 6.07) is 8.71. The highest BCUT2D eigenvalue weighted by atomic mass is 16.2. The van der Waals surface area contributed by atoms with Gasteiger partial charge in [-0.1, -0.05) is 18.2 Å². The largest absolute Gasteiger partial charge is 0.312 e. The number of likely N-dealkylation sites (tertiary alicyclic amines) is 1. The molecule has 0 N–H and O–H groups in total. The predicted molar refractivity (Wildman–Crippen MR) is 91.7 cm³/mol. The Morgan fingerprint density at radius 3 is 3.04 bits per heavy atom. The lowest BCUT2D eigenvalue weighted by Crippen LogP contribution is -2.37. The van der Waals surface area contributed by atoms with Crippen molar-refractivity contribution in [3.8, 4) is 0 Å². The molecule has 2 aliphatic rings. The summed E-state index contributed by atoms with van der Waals surface area (Å²) in [7, 11) is 0. The molecule has 1 aromatic carbocycles. The van der Waals surface area contributed by atoms with E-state index in [2.05, 4.69) is 27.1 Å². The SMILES string of the molecule is O=C(CCN1CCC[C@H]1Cn1cncn1)N1CCc2ccccc21. The normalized spacial score (nSPS) is 20.5. The zero-order chi connectivity index (χ0) is 16.4. The maximum atomic E-state index is 12.7. The van der Waals surface area contributed by atoms with Crippen molar-refractivity contribution < 1.29 is 4.79 Å². The molecule has 1 saturated heterocycles. The number of hydrogen-bond donors (Lipinski definition) is 0. The minimum atomic E-state index is 0.242. The Morgan fingerprint density at radius 2 is 2.17 bits per heavy atom. The lowest BCUT2D eigenvalue weighted by atomic mass is 10.2. The highest BCUT2D eigenvalue weighted by molar-refractivity contribution is 5.95. The fourth-order valence-corrected chi connectivity index (χ4v) is 3.91. The number of carbonyl (C=O) groups is 1. The van der Waals surface area contributed by atoms with Crippen LogP contribution in [0.2, 0.25) is 0 Å². The van der Waals surface area contributed by atoms with E-state index in [1.54, 1.807) is 12.7 Å². The summed E-state index contributed by atoms with van der Waals surface area (Å²) in [5, 5.41) is 4.20. The number of carbonyl (C=O) groups excluding carboxylic acids is 1. The van der Waals surface area contributed by atoms with Gasteiger partial charge in [0.15, 0.2) is 0 Å². The van der Waals surface area contributed by atoms with Crippen molar-refractivity contribution in [3.63, 3.8) is 0 Å². The summed E-state index contributed by atoms with van der Waals surface area (Å²) in [6.45, 7) is 3.58. The van der Waals surface area contributed by atoms with Crippen LogP contribution in [0, 0.1) is 0 Å². The molecule has 1 atom stereocenters. The fourth-order valence-electron chi connectivity index (χ4n) is 3.91. The molecule has 0 aliphatic carbocycles. The molecule has 4 rings (SSSR count). The zero-order valence-electron chi connectivity index (χ0n) is 13.8. The van der Waals surface area contributed by atoms with Crippen molar-refractivity contribution in [2.45, 2.75) is 38.3 Å². The Bertz CT molecular complexity index is 699. The molecule has 0 unspecified atom stereocenters. The summed E-state index contributed by atoms with van der Waals surface area (Å²) < 4.78 is 1.89. The standard InChI is InChI=1S/C18H23N5O/c24-18(23-11-7-15-4-1-2-6-17(15)23)8-10-21-9-3-5-16(21)12-22-14-19-13-20-22/h1-2,4,6,13-14,16H,3,5,7-12H2/t16-/m0/s1. The number of aromatic nitrogens is 3. The van der Waals surface area contributed by atoms with Crippen molar-refractivity contribution in [3.05, 3.63) is 42.5 Å². The molecule has 6 heteroatoms. The van der Waals surface area contributed by atoms with Crippen LogP contribution >= 0.6 is 0 Å². The van der Waals surface area contributed by atoms with Gasteiger partial charge in [0.25, 0.3) is 0 Å². The maximum Gasteiger partial charge on any atom is 0.228 e. The highest BCUT2D eigenvalue weighted by Crippen LogP contribution is 2.28. The Balaban J connectivity index is 1.34. The molecule has 1 aromatic heterocycles. The third kappa shape index (κ3) is 3.06. The molecule has 0 radical (unpaired) electrons. The van der Waals surface area contributed by atoms with Crippen LogP contribution in [0.25, 0.3) is 0 Å². The maximum absolute atomic E-state index is 12.7. The van der Waals surface area contributed by atoms with E-state index in [0.29, 0.717) is 12.5 Å². The van der Waals surface area contributed by atoms with Crippen molar-refractivity contribution in [1.82, 2.24) is 19.7 Å². The van der Waals surface area contributed by atoms with Crippen molar-refractivity contribution in [1.29, 1.82) is 0 Å². The van der Waals surface area contributed by atoms with Crippen LogP contribution in [0.4, 0.5) is 5.69 Å². The van der Waals surface area contributed by atoms with Gasteiger partial charge < -0.3 is 4.90 Å². The minimum Gasteiger partial charge on any atom is -0.312 e. The number of para-hydroxylation sites is 1. The fraction of sp³-hybridized carbons (Fsp3) is 0.500. The molecule has 1 fully saturated rings. The minimum absolute atomic E-state index is 0.242. The van der Waals surface area contributed by atoms with Gasteiger partial charge in [0, 0.05) is 31.2 Å². The Labute approximate surface area is 142 Å². The van der Waals surface area contributed by atoms with Crippen molar-refractivity contribution in [2.75, 3.05) is 24.5 Å². The van der Waals surface area contributed by atoms with Gasteiger partial charge in [-0.2, -0.15) is 5.10 Å². The van der Waals surface area contributed by atoms with Crippen LogP contribution < -0.4 is 4.90 Å². The van der Waals surface area contributed by atoms with Gasteiger partial charge in [-0.15, -0.1) is 0 Å². The van der Waals surface area contributed by atoms with Gasteiger partial charge in [0.2, 0.25) is 5.91 Å². The van der Waals surface area contributed by atoms with Crippen molar-refractivity contribution >= 4 is 11.6 Å². The van der Waals surface area contributed by atoms with Gasteiger partial charge in [-0.05, 0) is 37.4 Å². The quantitative estimate of drug-likeness (QED) is 0.840. The van der Waals surface area contributed by atoms with Crippen LogP contribution in [-0.4, -0.2) is 51.2 Å². The molecule has 0 saturated carbocycles. The topological polar surface area (TPSA) is 54.3 Å². The number of hydrogen-bond acceptors (Lipinski definition) is 4. The van der Waals surface area contributed by atoms with Crippen LogP contribution in [0.1, 0.15) is 24.8 Å². The predicted octanol–water partition coefficient (Wildman–Crippen LogP) is 1.72. The first-order valence-corrected chi connectivity index (χ1v) is 8.76. The van der Waals surface area contributed by atoms with E-state index in [1.165, 1.54) is 18.4 Å². The first-order chi connectivity index (χ1) is 11.8. The molecular weight excluding hydrogens is 302 g/mol. The first-order valence-electron chi connectivity index (χ1n) is 8.76. The Hall–Kier alpha value is -2.21. The lowest BCUT2D eigenvalue weighted by molar-refractivity contribution is -0.118. The smallest absolute Gasteiger partial charge is 0.228 e. The second-order valence-corrected chi connectivity index (χ2v) is 6.62. The molecule has 0 bridgehead atoms. The summed E-state index contributed by atoms with van der Waals surface area (Å²) >= 11 is 0. The molecule has 3 heterocycles. The number of benzene rings is 1. The van der Waals surface area contributed by atoms with Gasteiger partial charge in [-0.25, -0.2) is 4.98 Å². The number of amides is 1. The van der Waals surface area contributed by atoms with Gasteiger partial charge in [0.1, 0.15) is 12.7 Å². The second kappa shape index (κ2) is 6.73. The lowest BCUT2D eigenvalue weighted by Gasteiger charge is -2.25. The van der Waals surface area contributed by atoms with Crippen LogP contribution in [-0.2, 0) is 17.8 Å². The van der Waals surface area contributed by atoms with E-state index in [0.717, 1.165) is 38.3 Å². The average molecular weight is 325 g/mol. The van der Waals surface area contributed by atoms with E-state index in [4.69, 9.17) is 0 Å². The molecule has 2 aromatic rings. The van der Waals surface area contributed by atoms with E-state index in [9.17, 15) is 4.79 Å². The summed E-state index contributed by atoms with van der Waals surface area (Å²) in [6.07, 6.45) is 7.26. The zero-order valence-corrected chi connectivity index (χ0v) is 13.8. The van der Waals surface area contributed by atoms with Crippen LogP contribution in [0.15, 0.2) is 36.9 Å². The summed E-state index contributed by atoms with van der Waals surface area (Å²) in [5.74, 6) is 0.242. The summed E-state index contributed by atoms with van der Waals surface area (Å²) in [5.41, 5.74) is 2.39. The molecule has 1 amide bonds. The van der Waals surface area contributed by atoms with E-state index in [-0.39, 0.29) is 5.91 Å². The van der Waals surface area contributed by atoms with Crippen LogP contribution in [0.3, 0.4) is 0 Å². The molecule has 0 spiro atoms. The van der Waals surface area contributed by atoms with Gasteiger partial charge >= 0.3 is 0 Å². The Morgan fingerprint density at radius 1 is 1.25 bits per heavy atom. The first kappa shape index (κ1) is 15.3. The molecule has 126 valence electrons. The molecule has 2 aliphatic heterocycles. The van der Waals surface area contributed by atoms with Gasteiger partial charge in [-0.3, -0.25) is 14.4 Å². The Kier molecular flexibility index (Phi) is 4.30. The van der Waals surface area contributed by atoms with E-state index < -0.39 is 0 Å².